The molecule has 1 unspecified atom stereocenters. The number of nitrogens with one attached hydrogen (secondary N) is 2. The van der Waals surface area contributed by atoms with Crippen LogP contribution in [0.5, 0.6) is 5.75 Å². The molecule has 0 saturated heterocycles. The van der Waals surface area contributed by atoms with Crippen molar-refractivity contribution in [3.63, 3.8) is 0 Å². The van der Waals surface area contributed by atoms with E-state index in [4.69, 9.17) is 9.47 Å². The first-order chi connectivity index (χ1) is 24.0. The summed E-state index contributed by atoms with van der Waals surface area (Å²) in [5, 5.41) is 12.8. The number of benzene rings is 2. The minimum atomic E-state index is -3.51. The van der Waals surface area contributed by atoms with E-state index in [0.29, 0.717) is 49.7 Å². The number of fused-ring (bicyclic) bond motifs is 4. The highest BCUT2D eigenvalue weighted by Gasteiger charge is 2.44. The van der Waals surface area contributed by atoms with Crippen LogP contribution in [0.15, 0.2) is 52.9 Å². The Balaban J connectivity index is 1.27. The number of aliphatic hydroxyl groups excluding tert-OH is 1. The van der Waals surface area contributed by atoms with Crippen LogP contribution >= 0.6 is 0 Å². The summed E-state index contributed by atoms with van der Waals surface area (Å²) >= 11 is 0. The highest BCUT2D eigenvalue weighted by Crippen LogP contribution is 2.47. The zero-order chi connectivity index (χ0) is 35.0. The predicted octanol–water partition coefficient (Wildman–Crippen LogP) is 5.84. The molecule has 2 heterocycles. The summed E-state index contributed by atoms with van der Waals surface area (Å²) in [7, 11) is -1.74. The van der Waals surface area contributed by atoms with Crippen molar-refractivity contribution in [2.24, 2.45) is 22.1 Å². The molecule has 0 radical (unpaired) electrons. The smallest absolute Gasteiger partial charge is 0.327 e. The van der Waals surface area contributed by atoms with Gasteiger partial charge in [0.05, 0.1) is 30.3 Å². The molecule has 5 aliphatic rings. The number of urea groups is 1. The Morgan fingerprint density at radius 3 is 2.78 bits per heavy atom. The molecule has 2 aliphatic heterocycles. The Hall–Kier alpha value is -3.41. The summed E-state index contributed by atoms with van der Waals surface area (Å²) in [5.41, 5.74) is 4.96. The largest absolute Gasteiger partial charge is 0.490 e. The molecule has 8 atom stereocenters. The summed E-state index contributed by atoms with van der Waals surface area (Å²) in [6, 6.07) is 11.3. The maximum atomic E-state index is 14.4. The van der Waals surface area contributed by atoms with Gasteiger partial charge in [-0.25, -0.2) is 9.00 Å². The number of anilines is 1. The first kappa shape index (κ1) is 35.0. The average Bonchev–Trinajstić information content (AvgIpc) is 3.40. The number of methoxy groups -OCH3 is 1. The first-order valence-corrected chi connectivity index (χ1v) is 20.1. The lowest BCUT2D eigenvalue weighted by Gasteiger charge is -2.46. The normalized spacial score (nSPS) is 34.6. The molecule has 2 aromatic rings. The maximum absolute atomic E-state index is 14.4. The maximum Gasteiger partial charge on any atom is 0.327 e. The molecule has 1 spiro atoms. The Bertz CT molecular complexity index is 1770. The zero-order valence-corrected chi connectivity index (χ0v) is 30.4. The topological polar surface area (TPSA) is 130 Å². The van der Waals surface area contributed by atoms with E-state index in [2.05, 4.69) is 56.6 Å². The second-order valence-electron chi connectivity index (χ2n) is 15.6. The van der Waals surface area contributed by atoms with Gasteiger partial charge in [0, 0.05) is 37.2 Å². The van der Waals surface area contributed by atoms with E-state index in [1.165, 1.54) is 16.7 Å². The fraction of sp³-hybridized carbons (Fsp3) is 0.590. The van der Waals surface area contributed by atoms with Crippen molar-refractivity contribution in [3.05, 3.63) is 70.8 Å². The molecule has 3 N–H and O–H groups in total. The summed E-state index contributed by atoms with van der Waals surface area (Å²) in [6.45, 7) is 6.20. The average molecular weight is 705 g/mol. The molecule has 50 heavy (non-hydrogen) atoms. The van der Waals surface area contributed by atoms with Crippen LogP contribution < -0.4 is 19.7 Å². The molecule has 10 nitrogen and oxygen atoms in total. The van der Waals surface area contributed by atoms with Crippen LogP contribution in [0.2, 0.25) is 0 Å². The third-order valence-corrected chi connectivity index (χ3v) is 13.7. The molecule has 2 saturated carbocycles. The van der Waals surface area contributed by atoms with E-state index >= 15 is 0 Å². The monoisotopic (exact) mass is 704 g/mol. The summed E-state index contributed by atoms with van der Waals surface area (Å²) in [4.78, 5) is 29.5. The summed E-state index contributed by atoms with van der Waals surface area (Å²) in [6.07, 6.45) is 11.3. The van der Waals surface area contributed by atoms with Gasteiger partial charge in [0.25, 0.3) is 5.91 Å². The van der Waals surface area contributed by atoms with Crippen LogP contribution in [0.4, 0.5) is 10.5 Å². The molecule has 2 bridgehead atoms. The summed E-state index contributed by atoms with van der Waals surface area (Å²) < 4.78 is 34.0. The number of rotatable bonds is 3. The van der Waals surface area contributed by atoms with Crippen molar-refractivity contribution in [3.8, 4) is 5.75 Å². The van der Waals surface area contributed by atoms with Crippen LogP contribution in [-0.2, 0) is 26.5 Å². The highest BCUT2D eigenvalue weighted by atomic mass is 32.2. The van der Waals surface area contributed by atoms with Crippen molar-refractivity contribution in [1.82, 2.24) is 10.0 Å². The lowest BCUT2D eigenvalue weighted by molar-refractivity contribution is 0.0131. The standard InChI is InChI=1S/C39H52N4O6S/c1-25-9-15-33-27(18-25)7-5-17-39(33)23-43-21-29-10-14-32(29)35(48-3)8-4-6-26(2)22-50(47,42-38(46)40-30-12-13-31(44)20-30)41-37(45)28-11-16-36(49-24-39)34(43)19-28/h4,8-9,11,15-16,18-19,26,29-32,35,44H,5-7,10,12-14,17,20-24H2,1-3H3,(H2,40,41,42,45,46,47)/b8-4+/t26-,29-,30+,31+,32+,35-,39-,50?/m0/s1. The van der Waals surface area contributed by atoms with E-state index in [0.717, 1.165) is 56.6 Å². The third kappa shape index (κ3) is 7.32. The van der Waals surface area contributed by atoms with Gasteiger partial charge in [-0.1, -0.05) is 42.8 Å². The molecule has 2 fully saturated rings. The van der Waals surface area contributed by atoms with Crippen molar-refractivity contribution in [2.45, 2.75) is 95.3 Å². The Labute approximate surface area is 296 Å². The van der Waals surface area contributed by atoms with Gasteiger partial charge in [-0.15, -0.1) is 4.36 Å². The van der Waals surface area contributed by atoms with Gasteiger partial charge in [-0.2, -0.15) is 0 Å². The molecule has 3 aliphatic carbocycles. The van der Waals surface area contributed by atoms with Gasteiger partial charge in [-0.3, -0.25) is 9.52 Å². The number of hydrogen-bond donors (Lipinski definition) is 3. The SMILES string of the molecule is CO[C@H]1/C=C/C[C@H](C)CS(=O)(NC(=O)N[C@@H]2CC[C@@H](O)C2)=NC(=O)c2ccc3c(c2)N(C[C@@H]2CC[C@H]21)C[C@@]1(CCCc2cc(C)ccc21)CO3. The first-order valence-electron chi connectivity index (χ1n) is 18.4. The zero-order valence-electron chi connectivity index (χ0n) is 29.6. The highest BCUT2D eigenvalue weighted by molar-refractivity contribution is 7.92. The quantitative estimate of drug-likeness (QED) is 0.343. The van der Waals surface area contributed by atoms with Crippen molar-refractivity contribution in [1.29, 1.82) is 0 Å². The van der Waals surface area contributed by atoms with E-state index in [9.17, 15) is 18.9 Å². The molecule has 0 aromatic heterocycles. The molecule has 11 heteroatoms. The van der Waals surface area contributed by atoms with Crippen molar-refractivity contribution < 1.29 is 28.4 Å². The Morgan fingerprint density at radius 1 is 1.16 bits per heavy atom. The van der Waals surface area contributed by atoms with Crippen LogP contribution in [0.25, 0.3) is 0 Å². The number of hydrogen-bond acceptors (Lipinski definition) is 7. The van der Waals surface area contributed by atoms with E-state index in [1.54, 1.807) is 13.2 Å². The van der Waals surface area contributed by atoms with Gasteiger partial charge in [0.2, 0.25) is 0 Å². The lowest BCUT2D eigenvalue weighted by atomic mass is 9.68. The second-order valence-corrected chi connectivity index (χ2v) is 17.6. The number of carbonyl (C=O) groups is 2. The molecule has 7 rings (SSSR count). The number of aliphatic hydroxyl groups is 1. The number of carbonyl (C=O) groups excluding carboxylic acids is 2. The van der Waals surface area contributed by atoms with Gasteiger partial charge >= 0.3 is 6.03 Å². The number of allylic oxidation sites excluding steroid dienone is 1. The van der Waals surface area contributed by atoms with E-state index in [1.807, 2.05) is 19.1 Å². The lowest BCUT2D eigenvalue weighted by Crippen LogP contribution is -2.49. The van der Waals surface area contributed by atoms with Gasteiger partial charge in [0.1, 0.15) is 15.7 Å². The molecular formula is C39H52N4O6S. The fourth-order valence-electron chi connectivity index (χ4n) is 8.98. The minimum Gasteiger partial charge on any atom is -0.490 e. The number of nitrogens with zero attached hydrogens (tertiary/aromatic N) is 2. The van der Waals surface area contributed by atoms with Crippen molar-refractivity contribution >= 4 is 27.5 Å². The third-order valence-electron chi connectivity index (χ3n) is 11.7. The Kier molecular flexibility index (Phi) is 10.0. The van der Waals surface area contributed by atoms with Crippen molar-refractivity contribution in [2.75, 3.05) is 37.5 Å². The minimum absolute atomic E-state index is 0.00900. The van der Waals surface area contributed by atoms with Crippen LogP contribution in [0.1, 0.15) is 85.3 Å². The fourth-order valence-corrected chi connectivity index (χ4v) is 10.8. The van der Waals surface area contributed by atoms with Gasteiger partial charge < -0.3 is 24.8 Å². The molecule has 270 valence electrons. The molecular weight excluding hydrogens is 653 g/mol. The Morgan fingerprint density at radius 2 is 2.02 bits per heavy atom. The number of aryl methyl sites for hydroxylation is 2. The predicted molar refractivity (Wildman–Crippen MR) is 195 cm³/mol. The van der Waals surface area contributed by atoms with Gasteiger partial charge in [0.15, 0.2) is 0 Å². The number of amides is 3. The van der Waals surface area contributed by atoms with Crippen LogP contribution in [0.3, 0.4) is 0 Å². The second kappa shape index (κ2) is 14.3. The summed E-state index contributed by atoms with van der Waals surface area (Å²) in [5.74, 6) is 0.722. The van der Waals surface area contributed by atoms with Crippen LogP contribution in [0, 0.1) is 24.7 Å². The van der Waals surface area contributed by atoms with Crippen LogP contribution in [-0.4, -0.2) is 72.1 Å². The van der Waals surface area contributed by atoms with E-state index in [-0.39, 0.29) is 29.2 Å². The number of ether oxygens (including phenoxy) is 2. The van der Waals surface area contributed by atoms with E-state index < -0.39 is 28.0 Å². The van der Waals surface area contributed by atoms with Gasteiger partial charge in [-0.05, 0) is 112 Å². The molecule has 3 amide bonds. The molecule has 2 aromatic carbocycles.